The summed E-state index contributed by atoms with van der Waals surface area (Å²) >= 11 is 8.94. The summed E-state index contributed by atoms with van der Waals surface area (Å²) in [6, 6.07) is 2.92. The largest absolute Gasteiger partial charge is 0.480 e. The maximum atomic E-state index is 12.2. The van der Waals surface area contributed by atoms with Gasteiger partial charge in [0, 0.05) is 4.47 Å². The number of benzene rings is 1. The normalized spacial score (nSPS) is 14.8. The second-order valence-electron chi connectivity index (χ2n) is 4.40. The van der Waals surface area contributed by atoms with Crippen molar-refractivity contribution in [1.29, 1.82) is 0 Å². The molecule has 0 saturated heterocycles. The number of halogens is 2. The number of hydrogen-bond acceptors (Lipinski definition) is 3. The molecule has 0 saturated carbocycles. The number of nitrogens with one attached hydrogen (secondary N) is 1. The van der Waals surface area contributed by atoms with Crippen LogP contribution in [-0.2, 0) is 14.8 Å². The van der Waals surface area contributed by atoms with Crippen molar-refractivity contribution in [1.82, 2.24) is 4.72 Å². The van der Waals surface area contributed by atoms with Crippen LogP contribution in [-0.4, -0.2) is 25.5 Å². The summed E-state index contributed by atoms with van der Waals surface area (Å²) in [7, 11) is -3.92. The lowest BCUT2D eigenvalue weighted by atomic mass is 10.0. The number of aliphatic carboxylic acids is 1. The molecule has 0 bridgehead atoms. The van der Waals surface area contributed by atoms with E-state index in [1.54, 1.807) is 13.8 Å². The van der Waals surface area contributed by atoms with Crippen molar-refractivity contribution >= 4 is 43.5 Å². The Balaban J connectivity index is 3.09. The molecule has 0 amide bonds. The molecule has 2 N–H and O–H groups in total. The third-order valence-electron chi connectivity index (χ3n) is 2.96. The van der Waals surface area contributed by atoms with Crippen molar-refractivity contribution in [3.8, 4) is 0 Å². The van der Waals surface area contributed by atoms with Crippen molar-refractivity contribution < 1.29 is 18.3 Å². The van der Waals surface area contributed by atoms with Gasteiger partial charge < -0.3 is 5.11 Å². The van der Waals surface area contributed by atoms with Gasteiger partial charge in [0.2, 0.25) is 10.0 Å². The molecule has 0 unspecified atom stereocenters. The zero-order chi connectivity index (χ0) is 15.5. The Bertz CT molecular complexity index is 605. The van der Waals surface area contributed by atoms with Crippen molar-refractivity contribution in [2.75, 3.05) is 0 Å². The van der Waals surface area contributed by atoms with Crippen LogP contribution in [0.1, 0.15) is 20.3 Å². The van der Waals surface area contributed by atoms with Crippen LogP contribution in [0.4, 0.5) is 0 Å². The molecule has 0 aliphatic carbocycles. The van der Waals surface area contributed by atoms with Gasteiger partial charge in [-0.05, 0) is 40.0 Å². The summed E-state index contributed by atoms with van der Waals surface area (Å²) in [5.41, 5.74) is 0. The average molecular weight is 385 g/mol. The molecule has 0 aromatic heterocycles. The Morgan fingerprint density at radius 3 is 2.55 bits per heavy atom. The van der Waals surface area contributed by atoms with Crippen LogP contribution in [0, 0.1) is 5.92 Å². The number of hydrogen-bond donors (Lipinski definition) is 2. The number of carbonyl (C=O) groups is 1. The van der Waals surface area contributed by atoms with Gasteiger partial charge in [0.05, 0.1) is 9.92 Å². The highest BCUT2D eigenvalue weighted by molar-refractivity contribution is 9.10. The first-order valence-electron chi connectivity index (χ1n) is 5.89. The van der Waals surface area contributed by atoms with Gasteiger partial charge in [-0.25, -0.2) is 8.42 Å². The van der Waals surface area contributed by atoms with Crippen LogP contribution in [0.25, 0.3) is 0 Å². The molecule has 1 rings (SSSR count). The monoisotopic (exact) mass is 383 g/mol. The second kappa shape index (κ2) is 6.89. The minimum Gasteiger partial charge on any atom is -0.480 e. The van der Waals surface area contributed by atoms with Gasteiger partial charge >= 0.3 is 5.97 Å². The summed E-state index contributed by atoms with van der Waals surface area (Å²) in [5.74, 6) is -1.52. The summed E-state index contributed by atoms with van der Waals surface area (Å²) in [6.07, 6.45) is 0.545. The molecule has 2 atom stereocenters. The molecule has 0 fully saturated rings. The van der Waals surface area contributed by atoms with Gasteiger partial charge in [0.25, 0.3) is 0 Å². The lowest BCUT2D eigenvalue weighted by molar-refractivity contribution is -0.140. The lowest BCUT2D eigenvalue weighted by Gasteiger charge is -2.20. The standard InChI is InChI=1S/C12H15BrClNO4S/c1-3-7(2)11(12(16)17)15-20(18,19)8-4-5-10(14)9(13)6-8/h4-7,11,15H,3H2,1-2H3,(H,16,17)/t7-,11-/m0/s1. The van der Waals surface area contributed by atoms with Crippen LogP contribution in [0.5, 0.6) is 0 Å². The van der Waals surface area contributed by atoms with E-state index in [1.807, 2.05) is 0 Å². The zero-order valence-electron chi connectivity index (χ0n) is 10.9. The fourth-order valence-corrected chi connectivity index (χ4v) is 3.50. The van der Waals surface area contributed by atoms with Gasteiger partial charge in [0.15, 0.2) is 0 Å². The third-order valence-corrected chi connectivity index (χ3v) is 5.62. The van der Waals surface area contributed by atoms with Crippen molar-refractivity contribution in [2.24, 2.45) is 5.92 Å². The predicted molar refractivity (Wildman–Crippen MR) is 80.4 cm³/mol. The van der Waals surface area contributed by atoms with E-state index >= 15 is 0 Å². The molecule has 0 aliphatic rings. The number of rotatable bonds is 6. The quantitative estimate of drug-likeness (QED) is 0.790. The molecule has 0 radical (unpaired) electrons. The SMILES string of the molecule is CC[C@H](C)[C@H](NS(=O)(=O)c1ccc(Cl)c(Br)c1)C(=O)O. The summed E-state index contributed by atoms with van der Waals surface area (Å²) in [6.45, 7) is 3.48. The van der Waals surface area contributed by atoms with Crippen LogP contribution < -0.4 is 4.72 Å². The summed E-state index contributed by atoms with van der Waals surface area (Å²) in [5, 5.41) is 9.50. The Hall–Kier alpha value is -0.630. The second-order valence-corrected chi connectivity index (χ2v) is 7.37. The molecule has 1 aromatic rings. The Kier molecular flexibility index (Phi) is 6.00. The Labute approximate surface area is 131 Å². The molecular formula is C12H15BrClNO4S. The average Bonchev–Trinajstić information content (AvgIpc) is 2.38. The van der Waals surface area contributed by atoms with Crippen molar-refractivity contribution in [3.63, 3.8) is 0 Å². The topological polar surface area (TPSA) is 83.5 Å². The Morgan fingerprint density at radius 2 is 2.10 bits per heavy atom. The van der Waals surface area contributed by atoms with E-state index in [2.05, 4.69) is 20.7 Å². The lowest BCUT2D eigenvalue weighted by Crippen LogP contribution is -2.44. The fourth-order valence-electron chi connectivity index (χ4n) is 1.52. The molecule has 1 aromatic carbocycles. The van der Waals surface area contributed by atoms with Gasteiger partial charge in [-0.2, -0.15) is 4.72 Å². The zero-order valence-corrected chi connectivity index (χ0v) is 14.1. The highest BCUT2D eigenvalue weighted by Crippen LogP contribution is 2.25. The summed E-state index contributed by atoms with van der Waals surface area (Å²) < 4.78 is 27.0. The van der Waals surface area contributed by atoms with E-state index < -0.39 is 22.0 Å². The first-order chi connectivity index (χ1) is 9.19. The van der Waals surface area contributed by atoms with Crippen molar-refractivity contribution in [3.05, 3.63) is 27.7 Å². The summed E-state index contributed by atoms with van der Waals surface area (Å²) in [4.78, 5) is 11.1. The molecule has 0 aliphatic heterocycles. The maximum Gasteiger partial charge on any atom is 0.322 e. The first kappa shape index (κ1) is 17.4. The van der Waals surface area contributed by atoms with Crippen LogP contribution >= 0.6 is 27.5 Å². The van der Waals surface area contributed by atoms with Gasteiger partial charge in [0.1, 0.15) is 6.04 Å². The van der Waals surface area contributed by atoms with E-state index in [9.17, 15) is 13.2 Å². The highest BCUT2D eigenvalue weighted by Gasteiger charge is 2.29. The first-order valence-corrected chi connectivity index (χ1v) is 8.54. The molecule has 5 nitrogen and oxygen atoms in total. The van der Waals surface area contributed by atoms with Crippen LogP contribution in [0.15, 0.2) is 27.6 Å². The van der Waals surface area contributed by atoms with Gasteiger partial charge in [-0.3, -0.25) is 4.79 Å². The van der Waals surface area contributed by atoms with Crippen LogP contribution in [0.2, 0.25) is 5.02 Å². The van der Waals surface area contributed by atoms with E-state index in [0.29, 0.717) is 15.9 Å². The molecule has 112 valence electrons. The number of carboxylic acid groups (broad SMARTS) is 1. The van der Waals surface area contributed by atoms with Crippen molar-refractivity contribution in [2.45, 2.75) is 31.2 Å². The van der Waals surface area contributed by atoms with Crippen LogP contribution in [0.3, 0.4) is 0 Å². The van der Waals surface area contributed by atoms with E-state index in [-0.39, 0.29) is 10.8 Å². The maximum absolute atomic E-state index is 12.2. The fraction of sp³-hybridized carbons (Fsp3) is 0.417. The van der Waals surface area contributed by atoms with E-state index in [1.165, 1.54) is 18.2 Å². The number of carboxylic acids is 1. The van der Waals surface area contributed by atoms with E-state index in [4.69, 9.17) is 16.7 Å². The minimum atomic E-state index is -3.92. The molecule has 0 heterocycles. The third kappa shape index (κ3) is 4.18. The van der Waals surface area contributed by atoms with Gasteiger partial charge in [-0.15, -0.1) is 0 Å². The Morgan fingerprint density at radius 1 is 1.50 bits per heavy atom. The van der Waals surface area contributed by atoms with Gasteiger partial charge in [-0.1, -0.05) is 31.9 Å². The molecule has 8 heteroatoms. The minimum absolute atomic E-state index is 0.0386. The molecule has 0 spiro atoms. The number of sulfonamides is 1. The predicted octanol–water partition coefficient (Wildman–Crippen LogP) is 2.88. The smallest absolute Gasteiger partial charge is 0.322 e. The molecule has 20 heavy (non-hydrogen) atoms. The van der Waals surface area contributed by atoms with E-state index in [0.717, 1.165) is 0 Å². The molecular weight excluding hydrogens is 370 g/mol. The highest BCUT2D eigenvalue weighted by atomic mass is 79.9.